The first-order valence-corrected chi connectivity index (χ1v) is 5.46. The van der Waals surface area contributed by atoms with Gasteiger partial charge < -0.3 is 9.84 Å². The van der Waals surface area contributed by atoms with Gasteiger partial charge in [0.15, 0.2) is 0 Å². The molecule has 5 heteroatoms. The molecule has 0 saturated carbocycles. The minimum Gasteiger partial charge on any atom is -0.489 e. The summed E-state index contributed by atoms with van der Waals surface area (Å²) < 4.78 is 31.3. The van der Waals surface area contributed by atoms with Crippen LogP contribution in [0.4, 0.5) is 8.78 Å². The van der Waals surface area contributed by atoms with Crippen LogP contribution in [0.5, 0.6) is 5.75 Å². The lowest BCUT2D eigenvalue weighted by Gasteiger charge is -2.07. The molecule has 1 N–H and O–H groups in total. The van der Waals surface area contributed by atoms with Gasteiger partial charge >= 0.3 is 5.97 Å². The Balaban J connectivity index is 2.10. The molecule has 0 saturated heterocycles. The van der Waals surface area contributed by atoms with E-state index in [4.69, 9.17) is 9.84 Å². The van der Waals surface area contributed by atoms with Crippen molar-refractivity contribution in [1.29, 1.82) is 0 Å². The van der Waals surface area contributed by atoms with Crippen molar-refractivity contribution in [2.24, 2.45) is 0 Å². The Hall–Kier alpha value is -2.43. The Kier molecular flexibility index (Phi) is 3.75. The standard InChI is InChI=1S/C14H10F2O3/c15-11-5-4-10(13(16)7-11)8-19-12-3-1-2-9(6-12)14(17)18/h1-7H,8H2,(H,17,18). The van der Waals surface area contributed by atoms with E-state index in [1.165, 1.54) is 24.3 Å². The molecule has 0 aromatic heterocycles. The van der Waals surface area contributed by atoms with Gasteiger partial charge in [-0.05, 0) is 30.3 Å². The van der Waals surface area contributed by atoms with E-state index in [9.17, 15) is 13.6 Å². The van der Waals surface area contributed by atoms with Crippen LogP contribution in [0.1, 0.15) is 15.9 Å². The average molecular weight is 264 g/mol. The highest BCUT2D eigenvalue weighted by atomic mass is 19.1. The van der Waals surface area contributed by atoms with Crippen LogP contribution in [-0.2, 0) is 6.61 Å². The third kappa shape index (κ3) is 3.28. The topological polar surface area (TPSA) is 46.5 Å². The van der Waals surface area contributed by atoms with Crippen LogP contribution in [0.15, 0.2) is 42.5 Å². The molecule has 0 amide bonds. The Morgan fingerprint density at radius 1 is 1.16 bits per heavy atom. The fourth-order valence-corrected chi connectivity index (χ4v) is 1.52. The van der Waals surface area contributed by atoms with Gasteiger partial charge in [0.05, 0.1) is 5.56 Å². The Bertz CT molecular complexity index is 611. The van der Waals surface area contributed by atoms with Gasteiger partial charge in [0, 0.05) is 11.6 Å². The number of carboxylic acid groups (broad SMARTS) is 1. The zero-order valence-corrected chi connectivity index (χ0v) is 9.77. The van der Waals surface area contributed by atoms with E-state index in [0.29, 0.717) is 5.75 Å². The van der Waals surface area contributed by atoms with E-state index in [2.05, 4.69) is 0 Å². The number of ether oxygens (including phenoxy) is 1. The predicted octanol–water partition coefficient (Wildman–Crippen LogP) is 3.24. The fourth-order valence-electron chi connectivity index (χ4n) is 1.52. The van der Waals surface area contributed by atoms with Gasteiger partial charge in [-0.15, -0.1) is 0 Å². The van der Waals surface area contributed by atoms with Crippen LogP contribution in [0.2, 0.25) is 0 Å². The van der Waals surface area contributed by atoms with Gasteiger partial charge in [-0.3, -0.25) is 0 Å². The van der Waals surface area contributed by atoms with Crippen molar-refractivity contribution in [1.82, 2.24) is 0 Å². The summed E-state index contributed by atoms with van der Waals surface area (Å²) in [6.07, 6.45) is 0. The normalized spacial score (nSPS) is 10.2. The number of halogens is 2. The highest BCUT2D eigenvalue weighted by Crippen LogP contribution is 2.17. The first kappa shape index (κ1) is 13.0. The van der Waals surface area contributed by atoms with Crippen LogP contribution in [0, 0.1) is 11.6 Å². The number of hydrogen-bond donors (Lipinski definition) is 1. The number of rotatable bonds is 4. The molecule has 0 bridgehead atoms. The lowest BCUT2D eigenvalue weighted by atomic mass is 10.2. The predicted molar refractivity (Wildman–Crippen MR) is 64.1 cm³/mol. The monoisotopic (exact) mass is 264 g/mol. The summed E-state index contributed by atoms with van der Waals surface area (Å²) >= 11 is 0. The second kappa shape index (κ2) is 5.48. The van der Waals surface area contributed by atoms with E-state index < -0.39 is 17.6 Å². The molecule has 0 spiro atoms. The molecule has 19 heavy (non-hydrogen) atoms. The molecule has 0 aliphatic carbocycles. The smallest absolute Gasteiger partial charge is 0.335 e. The molecule has 2 rings (SSSR count). The second-order valence-electron chi connectivity index (χ2n) is 3.86. The van der Waals surface area contributed by atoms with Crippen molar-refractivity contribution in [2.75, 3.05) is 0 Å². The number of benzene rings is 2. The van der Waals surface area contributed by atoms with E-state index in [1.54, 1.807) is 6.07 Å². The Labute approximate surface area is 108 Å². The quantitative estimate of drug-likeness (QED) is 0.922. The molecule has 0 fully saturated rings. The van der Waals surface area contributed by atoms with Crippen LogP contribution >= 0.6 is 0 Å². The number of carbonyl (C=O) groups is 1. The van der Waals surface area contributed by atoms with Gasteiger partial charge in [-0.1, -0.05) is 6.07 Å². The van der Waals surface area contributed by atoms with Gasteiger partial charge in [0.1, 0.15) is 24.0 Å². The molecule has 2 aromatic carbocycles. The number of carboxylic acids is 1. The molecular formula is C14H10F2O3. The third-order valence-electron chi connectivity index (χ3n) is 2.49. The summed E-state index contributed by atoms with van der Waals surface area (Å²) in [6, 6.07) is 9.04. The van der Waals surface area contributed by atoms with Crippen molar-refractivity contribution in [3.8, 4) is 5.75 Å². The van der Waals surface area contributed by atoms with E-state index >= 15 is 0 Å². The van der Waals surface area contributed by atoms with Crippen LogP contribution < -0.4 is 4.74 Å². The van der Waals surface area contributed by atoms with E-state index in [0.717, 1.165) is 12.1 Å². The summed E-state index contributed by atoms with van der Waals surface area (Å²) in [5.41, 5.74) is 0.277. The molecule has 2 aromatic rings. The maximum atomic E-state index is 13.3. The second-order valence-corrected chi connectivity index (χ2v) is 3.86. The molecule has 0 unspecified atom stereocenters. The minimum atomic E-state index is -1.07. The van der Waals surface area contributed by atoms with Gasteiger partial charge in [-0.2, -0.15) is 0 Å². The lowest BCUT2D eigenvalue weighted by Crippen LogP contribution is -2.01. The minimum absolute atomic E-state index is 0.0806. The molecule has 0 radical (unpaired) electrons. The van der Waals surface area contributed by atoms with E-state index in [-0.39, 0.29) is 17.7 Å². The van der Waals surface area contributed by atoms with Crippen LogP contribution in [0.25, 0.3) is 0 Å². The van der Waals surface area contributed by atoms with Crippen molar-refractivity contribution in [3.63, 3.8) is 0 Å². The molecule has 0 aliphatic heterocycles. The molecular weight excluding hydrogens is 254 g/mol. The first-order valence-electron chi connectivity index (χ1n) is 5.46. The summed E-state index contributed by atoms with van der Waals surface area (Å²) in [7, 11) is 0. The zero-order chi connectivity index (χ0) is 13.8. The van der Waals surface area contributed by atoms with E-state index in [1.807, 2.05) is 0 Å². The SMILES string of the molecule is O=C(O)c1cccc(OCc2ccc(F)cc2F)c1. The average Bonchev–Trinajstić information content (AvgIpc) is 2.38. The van der Waals surface area contributed by atoms with Crippen molar-refractivity contribution < 1.29 is 23.4 Å². The largest absolute Gasteiger partial charge is 0.489 e. The summed E-state index contributed by atoms with van der Waals surface area (Å²) in [6.45, 7) is -0.102. The first-order chi connectivity index (χ1) is 9.06. The summed E-state index contributed by atoms with van der Waals surface area (Å²) in [4.78, 5) is 10.8. The maximum absolute atomic E-state index is 13.3. The molecule has 3 nitrogen and oxygen atoms in total. The molecule has 0 heterocycles. The lowest BCUT2D eigenvalue weighted by molar-refractivity contribution is 0.0696. The molecule has 98 valence electrons. The molecule has 0 atom stereocenters. The highest BCUT2D eigenvalue weighted by molar-refractivity contribution is 5.87. The van der Waals surface area contributed by atoms with Crippen molar-refractivity contribution >= 4 is 5.97 Å². The van der Waals surface area contributed by atoms with Crippen LogP contribution in [-0.4, -0.2) is 11.1 Å². The van der Waals surface area contributed by atoms with Gasteiger partial charge in [-0.25, -0.2) is 13.6 Å². The highest BCUT2D eigenvalue weighted by Gasteiger charge is 2.06. The third-order valence-corrected chi connectivity index (χ3v) is 2.49. The van der Waals surface area contributed by atoms with Crippen molar-refractivity contribution in [3.05, 3.63) is 65.2 Å². The summed E-state index contributed by atoms with van der Waals surface area (Å²) in [5.74, 6) is -2.12. The van der Waals surface area contributed by atoms with Crippen molar-refractivity contribution in [2.45, 2.75) is 6.61 Å². The molecule has 0 aliphatic rings. The van der Waals surface area contributed by atoms with Crippen LogP contribution in [0.3, 0.4) is 0 Å². The number of hydrogen-bond acceptors (Lipinski definition) is 2. The zero-order valence-electron chi connectivity index (χ0n) is 9.77. The summed E-state index contributed by atoms with van der Waals surface area (Å²) in [5, 5.41) is 8.81. The van der Waals surface area contributed by atoms with Gasteiger partial charge in [0.2, 0.25) is 0 Å². The fraction of sp³-hybridized carbons (Fsp3) is 0.0714. The Morgan fingerprint density at radius 2 is 1.95 bits per heavy atom. The Morgan fingerprint density at radius 3 is 2.63 bits per heavy atom. The maximum Gasteiger partial charge on any atom is 0.335 e. The van der Waals surface area contributed by atoms with Gasteiger partial charge in [0.25, 0.3) is 0 Å². The number of aromatic carboxylic acids is 1.